The fourth-order valence-electron chi connectivity index (χ4n) is 2.99. The fourth-order valence-corrected chi connectivity index (χ4v) is 4.72. The van der Waals surface area contributed by atoms with Gasteiger partial charge in [-0.25, -0.2) is 0 Å². The van der Waals surface area contributed by atoms with E-state index in [-0.39, 0.29) is 26.9 Å². The molecule has 20 heavy (non-hydrogen) atoms. The van der Waals surface area contributed by atoms with Crippen LogP contribution >= 0.6 is 31.9 Å². The first-order chi connectivity index (χ1) is 8.79. The number of hydrogen-bond acceptors (Lipinski definition) is 2. The highest BCUT2D eigenvalue weighted by Crippen LogP contribution is 2.68. The largest absolute Gasteiger partial charge is 0.331 e. The molecule has 114 valence electrons. The van der Waals surface area contributed by atoms with E-state index in [1.54, 1.807) is 0 Å². The summed E-state index contributed by atoms with van der Waals surface area (Å²) in [6, 6.07) is -0.314. The zero-order valence-corrected chi connectivity index (χ0v) is 16.1. The molecule has 3 atom stereocenters. The third kappa shape index (κ3) is 2.49. The van der Waals surface area contributed by atoms with Gasteiger partial charge in [0.15, 0.2) is 5.78 Å². The number of alkyl halides is 2. The average Bonchev–Trinajstić information content (AvgIpc) is 2.65. The summed E-state index contributed by atoms with van der Waals surface area (Å²) < 4.78 is -0.166. The van der Waals surface area contributed by atoms with E-state index >= 15 is 0 Å². The van der Waals surface area contributed by atoms with Crippen LogP contribution in [0.1, 0.15) is 41.5 Å². The maximum atomic E-state index is 12.8. The van der Waals surface area contributed by atoms with E-state index in [2.05, 4.69) is 31.9 Å². The van der Waals surface area contributed by atoms with Crippen molar-refractivity contribution in [1.29, 1.82) is 0 Å². The summed E-state index contributed by atoms with van der Waals surface area (Å²) in [5, 5.41) is 0. The second kappa shape index (κ2) is 4.55. The third-order valence-corrected chi connectivity index (χ3v) is 6.48. The molecular formula is C15H23Br2NO2. The monoisotopic (exact) mass is 407 g/mol. The van der Waals surface area contributed by atoms with E-state index < -0.39 is 10.8 Å². The van der Waals surface area contributed by atoms with Crippen LogP contribution in [0.15, 0.2) is 0 Å². The minimum atomic E-state index is -0.450. The smallest absolute Gasteiger partial charge is 0.228 e. The highest BCUT2D eigenvalue weighted by Gasteiger charge is 2.73. The molecule has 0 radical (unpaired) electrons. The fraction of sp³-hybridized carbons (Fsp3) is 0.867. The Morgan fingerprint density at radius 1 is 1.05 bits per heavy atom. The van der Waals surface area contributed by atoms with E-state index in [9.17, 15) is 9.59 Å². The van der Waals surface area contributed by atoms with Crippen molar-refractivity contribution >= 4 is 43.6 Å². The lowest BCUT2D eigenvalue weighted by Crippen LogP contribution is -2.52. The van der Waals surface area contributed by atoms with E-state index in [1.165, 1.54) is 0 Å². The first kappa shape index (κ1) is 16.5. The van der Waals surface area contributed by atoms with Crippen molar-refractivity contribution < 1.29 is 9.59 Å². The number of likely N-dealkylation sites (tertiary alicyclic amines) is 1. The molecule has 1 heterocycles. The molecule has 0 aromatic heterocycles. The quantitative estimate of drug-likeness (QED) is 0.621. The van der Waals surface area contributed by atoms with Crippen LogP contribution in [0.25, 0.3) is 0 Å². The number of carbonyl (C=O) groups is 2. The van der Waals surface area contributed by atoms with Gasteiger partial charge in [-0.1, -0.05) is 73.4 Å². The van der Waals surface area contributed by atoms with E-state index in [4.69, 9.17) is 0 Å². The van der Waals surface area contributed by atoms with Gasteiger partial charge in [-0.05, 0) is 0 Å². The van der Waals surface area contributed by atoms with Gasteiger partial charge in [-0.3, -0.25) is 9.59 Å². The second-order valence-corrected chi connectivity index (χ2v) is 11.8. The van der Waals surface area contributed by atoms with E-state index in [0.717, 1.165) is 0 Å². The number of piperidine rings is 1. The summed E-state index contributed by atoms with van der Waals surface area (Å²) >= 11 is 7.32. The van der Waals surface area contributed by atoms with Gasteiger partial charge in [0.05, 0.1) is 9.28 Å². The lowest BCUT2D eigenvalue weighted by Gasteiger charge is -2.36. The van der Waals surface area contributed by atoms with Crippen LogP contribution < -0.4 is 0 Å². The van der Waals surface area contributed by atoms with Gasteiger partial charge in [0, 0.05) is 29.2 Å². The summed E-state index contributed by atoms with van der Waals surface area (Å²) in [4.78, 5) is 27.2. The number of halogens is 2. The Balaban J connectivity index is 2.32. The van der Waals surface area contributed by atoms with E-state index in [0.29, 0.717) is 12.5 Å². The Morgan fingerprint density at radius 2 is 1.55 bits per heavy atom. The molecule has 2 fully saturated rings. The molecule has 2 aliphatic rings. The molecule has 0 bridgehead atoms. The Bertz CT molecular complexity index is 459. The third-order valence-electron chi connectivity index (χ3n) is 4.24. The standard InChI is InChI=1S/C15H23Br2NO2/c1-13(2,3)11(19)10-9-8(15(9,16)17)7-18(10)12(20)14(4,5)6/h8-10H,7H2,1-6H3/t8-,9-,10?/m0/s1. The number of amides is 1. The number of fused-ring (bicyclic) bond motifs is 1. The number of nitrogens with zero attached hydrogens (tertiary/aromatic N) is 1. The predicted molar refractivity (Wildman–Crippen MR) is 87.0 cm³/mol. The number of carbonyl (C=O) groups excluding carboxylic acids is 2. The van der Waals surface area contributed by atoms with Crippen LogP contribution in [0.5, 0.6) is 0 Å². The molecule has 1 amide bonds. The molecule has 2 rings (SSSR count). The van der Waals surface area contributed by atoms with Crippen LogP contribution in [-0.2, 0) is 9.59 Å². The summed E-state index contributed by atoms with van der Waals surface area (Å²) in [5.41, 5.74) is -0.886. The SMILES string of the molecule is CC(C)(C)C(=O)C1[C@@H]2[C@H](CN1C(=O)C(C)(C)C)C2(Br)Br. The molecule has 0 aromatic rings. The van der Waals surface area contributed by atoms with Crippen molar-refractivity contribution in [3.8, 4) is 0 Å². The highest BCUT2D eigenvalue weighted by molar-refractivity contribution is 9.25. The van der Waals surface area contributed by atoms with Crippen LogP contribution in [0.2, 0.25) is 0 Å². The number of Topliss-reactive ketones (excluding diaryl/α,β-unsaturated/α-hetero) is 1. The van der Waals surface area contributed by atoms with Crippen molar-refractivity contribution in [1.82, 2.24) is 4.90 Å². The van der Waals surface area contributed by atoms with Crippen LogP contribution in [0, 0.1) is 22.7 Å². The van der Waals surface area contributed by atoms with Crippen molar-refractivity contribution in [3.05, 3.63) is 0 Å². The Morgan fingerprint density at radius 3 is 1.95 bits per heavy atom. The number of rotatable bonds is 1. The minimum absolute atomic E-state index is 0.0723. The second-order valence-electron chi connectivity index (χ2n) is 8.07. The molecule has 1 saturated heterocycles. The summed E-state index contributed by atoms with van der Waals surface area (Å²) in [5.74, 6) is 0.733. The van der Waals surface area contributed by atoms with Gasteiger partial charge in [0.2, 0.25) is 5.91 Å². The van der Waals surface area contributed by atoms with Gasteiger partial charge in [-0.2, -0.15) is 0 Å². The van der Waals surface area contributed by atoms with Crippen LogP contribution in [0.4, 0.5) is 0 Å². The normalized spacial score (nSPS) is 32.0. The van der Waals surface area contributed by atoms with Gasteiger partial charge < -0.3 is 4.90 Å². The zero-order chi connectivity index (χ0) is 15.7. The molecule has 0 N–H and O–H groups in total. The Labute approximate surface area is 138 Å². The molecule has 1 aliphatic carbocycles. The molecule has 5 heteroatoms. The predicted octanol–water partition coefficient (Wildman–Crippen LogP) is 3.59. The lowest BCUT2D eigenvalue weighted by atomic mass is 9.83. The van der Waals surface area contributed by atoms with Crippen LogP contribution in [-0.4, -0.2) is 32.4 Å². The lowest BCUT2D eigenvalue weighted by molar-refractivity contribution is -0.147. The molecule has 1 aliphatic heterocycles. The Hall–Kier alpha value is 0.1000. The molecular weight excluding hydrogens is 386 g/mol. The minimum Gasteiger partial charge on any atom is -0.331 e. The van der Waals surface area contributed by atoms with Crippen LogP contribution in [0.3, 0.4) is 0 Å². The molecule has 1 unspecified atom stereocenters. The first-order valence-corrected chi connectivity index (χ1v) is 8.61. The number of ketones is 1. The molecule has 0 aromatic carbocycles. The van der Waals surface area contributed by atoms with Gasteiger partial charge in [0.25, 0.3) is 0 Å². The maximum Gasteiger partial charge on any atom is 0.228 e. The Kier molecular flexibility index (Phi) is 3.74. The summed E-state index contributed by atoms with van der Waals surface area (Å²) in [6.07, 6.45) is 0. The topological polar surface area (TPSA) is 37.4 Å². The van der Waals surface area contributed by atoms with Crippen molar-refractivity contribution in [2.45, 2.75) is 50.8 Å². The van der Waals surface area contributed by atoms with Crippen molar-refractivity contribution in [2.75, 3.05) is 6.54 Å². The van der Waals surface area contributed by atoms with Gasteiger partial charge in [-0.15, -0.1) is 0 Å². The maximum absolute atomic E-state index is 12.8. The molecule has 3 nitrogen and oxygen atoms in total. The highest BCUT2D eigenvalue weighted by atomic mass is 79.9. The number of hydrogen-bond donors (Lipinski definition) is 0. The summed E-state index contributed by atoms with van der Waals surface area (Å²) in [6.45, 7) is 12.2. The molecule has 0 spiro atoms. The van der Waals surface area contributed by atoms with E-state index in [1.807, 2.05) is 46.4 Å². The van der Waals surface area contributed by atoms with Gasteiger partial charge in [0.1, 0.15) is 0 Å². The zero-order valence-electron chi connectivity index (χ0n) is 13.0. The average molecular weight is 409 g/mol. The summed E-state index contributed by atoms with van der Waals surface area (Å²) in [7, 11) is 0. The molecule has 1 saturated carbocycles. The first-order valence-electron chi connectivity index (χ1n) is 7.03. The van der Waals surface area contributed by atoms with Gasteiger partial charge >= 0.3 is 0 Å². The van der Waals surface area contributed by atoms with Crippen molar-refractivity contribution in [2.24, 2.45) is 22.7 Å². The van der Waals surface area contributed by atoms with Crippen molar-refractivity contribution in [3.63, 3.8) is 0 Å².